The molecule has 0 aliphatic heterocycles. The Labute approximate surface area is 112 Å². The molecular formula is C15H15ClFN. The van der Waals surface area contributed by atoms with Gasteiger partial charge in [0.15, 0.2) is 0 Å². The first kappa shape index (κ1) is 13.1. The summed E-state index contributed by atoms with van der Waals surface area (Å²) in [4.78, 5) is 0. The van der Waals surface area contributed by atoms with Crippen LogP contribution in [0.1, 0.15) is 22.7 Å². The van der Waals surface area contributed by atoms with Crippen LogP contribution in [-0.4, -0.2) is 7.05 Å². The Hall–Kier alpha value is -1.38. The fraction of sp³-hybridized carbons (Fsp3) is 0.200. The zero-order chi connectivity index (χ0) is 13.1. The van der Waals surface area contributed by atoms with Gasteiger partial charge in [-0.2, -0.15) is 0 Å². The zero-order valence-electron chi connectivity index (χ0n) is 10.4. The van der Waals surface area contributed by atoms with E-state index in [0.29, 0.717) is 10.6 Å². The van der Waals surface area contributed by atoms with E-state index in [0.717, 1.165) is 11.1 Å². The molecule has 1 unspecified atom stereocenters. The Bertz CT molecular complexity index is 554. The molecule has 0 radical (unpaired) electrons. The summed E-state index contributed by atoms with van der Waals surface area (Å²) in [6.45, 7) is 2.00. The molecule has 0 heterocycles. The molecule has 0 aliphatic carbocycles. The van der Waals surface area contributed by atoms with Gasteiger partial charge < -0.3 is 5.32 Å². The normalized spacial score (nSPS) is 12.4. The quantitative estimate of drug-likeness (QED) is 0.879. The van der Waals surface area contributed by atoms with Gasteiger partial charge in [-0.15, -0.1) is 0 Å². The summed E-state index contributed by atoms with van der Waals surface area (Å²) in [5.41, 5.74) is 2.71. The Balaban J connectivity index is 2.52. The molecule has 1 nitrogen and oxygen atoms in total. The van der Waals surface area contributed by atoms with Gasteiger partial charge in [-0.05, 0) is 43.3 Å². The predicted octanol–water partition coefficient (Wildman–Crippen LogP) is 4.10. The van der Waals surface area contributed by atoms with Gasteiger partial charge in [-0.3, -0.25) is 0 Å². The second kappa shape index (κ2) is 5.51. The maximum atomic E-state index is 13.9. The monoisotopic (exact) mass is 263 g/mol. The molecule has 0 saturated carbocycles. The molecule has 94 valence electrons. The summed E-state index contributed by atoms with van der Waals surface area (Å²) < 4.78 is 13.9. The third-order valence-electron chi connectivity index (χ3n) is 3.06. The average Bonchev–Trinajstić information content (AvgIpc) is 2.36. The Kier molecular flexibility index (Phi) is 4.00. The molecule has 0 saturated heterocycles. The van der Waals surface area contributed by atoms with E-state index in [1.165, 1.54) is 6.07 Å². The van der Waals surface area contributed by atoms with Crippen molar-refractivity contribution in [1.82, 2.24) is 5.32 Å². The van der Waals surface area contributed by atoms with E-state index in [1.807, 2.05) is 38.2 Å². The lowest BCUT2D eigenvalue weighted by Crippen LogP contribution is -2.19. The Morgan fingerprint density at radius 2 is 1.83 bits per heavy atom. The van der Waals surface area contributed by atoms with Gasteiger partial charge in [-0.1, -0.05) is 35.9 Å². The standard InChI is InChI=1S/C15H15ClFN/c1-10-7-8-11(16)9-13(10)15(18-2)12-5-3-4-6-14(12)17/h3-9,15,18H,1-2H3. The zero-order valence-corrected chi connectivity index (χ0v) is 11.1. The van der Waals surface area contributed by atoms with Crippen molar-refractivity contribution < 1.29 is 4.39 Å². The number of aryl methyl sites for hydroxylation is 1. The van der Waals surface area contributed by atoms with E-state index in [4.69, 9.17) is 11.6 Å². The largest absolute Gasteiger partial charge is 0.309 e. The minimum absolute atomic E-state index is 0.190. The van der Waals surface area contributed by atoms with Crippen LogP contribution in [0.3, 0.4) is 0 Å². The van der Waals surface area contributed by atoms with Crippen LogP contribution in [0.4, 0.5) is 4.39 Å². The van der Waals surface area contributed by atoms with E-state index < -0.39 is 0 Å². The van der Waals surface area contributed by atoms with Crippen molar-refractivity contribution in [3.05, 3.63) is 70.0 Å². The van der Waals surface area contributed by atoms with E-state index in [1.54, 1.807) is 12.1 Å². The van der Waals surface area contributed by atoms with Crippen molar-refractivity contribution in [2.24, 2.45) is 0 Å². The van der Waals surface area contributed by atoms with Gasteiger partial charge in [0.1, 0.15) is 5.82 Å². The third kappa shape index (κ3) is 2.55. The highest BCUT2D eigenvalue weighted by Crippen LogP contribution is 2.28. The average molecular weight is 264 g/mol. The summed E-state index contributed by atoms with van der Waals surface area (Å²) in [5.74, 6) is -0.212. The molecule has 1 atom stereocenters. The van der Waals surface area contributed by atoms with Gasteiger partial charge in [0.2, 0.25) is 0 Å². The molecule has 18 heavy (non-hydrogen) atoms. The predicted molar refractivity (Wildman–Crippen MR) is 73.5 cm³/mol. The second-order valence-corrected chi connectivity index (χ2v) is 4.68. The van der Waals surface area contributed by atoms with Gasteiger partial charge in [-0.25, -0.2) is 4.39 Å². The van der Waals surface area contributed by atoms with Crippen LogP contribution in [0, 0.1) is 12.7 Å². The van der Waals surface area contributed by atoms with Crippen LogP contribution < -0.4 is 5.32 Å². The maximum absolute atomic E-state index is 13.9. The SMILES string of the molecule is CNC(c1cc(Cl)ccc1C)c1ccccc1F. The first-order chi connectivity index (χ1) is 8.63. The molecule has 2 aromatic carbocycles. The van der Waals surface area contributed by atoms with Gasteiger partial charge >= 0.3 is 0 Å². The minimum Gasteiger partial charge on any atom is -0.309 e. The second-order valence-electron chi connectivity index (χ2n) is 4.24. The summed E-state index contributed by atoms with van der Waals surface area (Å²) >= 11 is 6.02. The summed E-state index contributed by atoms with van der Waals surface area (Å²) in [7, 11) is 1.82. The van der Waals surface area contributed by atoms with Gasteiger partial charge in [0.25, 0.3) is 0 Å². The highest BCUT2D eigenvalue weighted by atomic mass is 35.5. The van der Waals surface area contributed by atoms with Crippen LogP contribution in [0.2, 0.25) is 5.02 Å². The van der Waals surface area contributed by atoms with Crippen LogP contribution in [0.25, 0.3) is 0 Å². The fourth-order valence-corrected chi connectivity index (χ4v) is 2.29. The van der Waals surface area contributed by atoms with Gasteiger partial charge in [0, 0.05) is 10.6 Å². The van der Waals surface area contributed by atoms with Crippen LogP contribution in [0.5, 0.6) is 0 Å². The fourth-order valence-electron chi connectivity index (χ4n) is 2.11. The number of benzene rings is 2. The number of hydrogen-bond donors (Lipinski definition) is 1. The molecule has 0 spiro atoms. The van der Waals surface area contributed by atoms with Gasteiger partial charge in [0.05, 0.1) is 6.04 Å². The smallest absolute Gasteiger partial charge is 0.128 e. The molecule has 2 aromatic rings. The number of rotatable bonds is 3. The topological polar surface area (TPSA) is 12.0 Å². The number of hydrogen-bond acceptors (Lipinski definition) is 1. The van der Waals surface area contributed by atoms with E-state index in [-0.39, 0.29) is 11.9 Å². The van der Waals surface area contributed by atoms with E-state index in [9.17, 15) is 4.39 Å². The minimum atomic E-state index is -0.212. The third-order valence-corrected chi connectivity index (χ3v) is 3.29. The molecule has 0 bridgehead atoms. The molecule has 0 fully saturated rings. The lowest BCUT2D eigenvalue weighted by atomic mass is 9.95. The molecule has 1 N–H and O–H groups in total. The number of nitrogens with one attached hydrogen (secondary N) is 1. The molecule has 0 aliphatic rings. The van der Waals surface area contributed by atoms with Crippen LogP contribution in [0.15, 0.2) is 42.5 Å². The van der Waals surface area contributed by atoms with Crippen molar-refractivity contribution in [1.29, 1.82) is 0 Å². The van der Waals surface area contributed by atoms with Crippen LogP contribution >= 0.6 is 11.6 Å². The molecule has 0 amide bonds. The van der Waals surface area contributed by atoms with Crippen molar-refractivity contribution in [3.63, 3.8) is 0 Å². The first-order valence-corrected chi connectivity index (χ1v) is 6.19. The summed E-state index contributed by atoms with van der Waals surface area (Å²) in [6.07, 6.45) is 0. The number of halogens is 2. The molecule has 0 aromatic heterocycles. The van der Waals surface area contributed by atoms with Crippen molar-refractivity contribution in [2.75, 3.05) is 7.05 Å². The summed E-state index contributed by atoms with van der Waals surface area (Å²) in [6, 6.07) is 12.3. The Morgan fingerprint density at radius 1 is 1.11 bits per heavy atom. The van der Waals surface area contributed by atoms with Crippen molar-refractivity contribution in [2.45, 2.75) is 13.0 Å². The highest BCUT2D eigenvalue weighted by Gasteiger charge is 2.17. The molecule has 3 heteroatoms. The van der Waals surface area contributed by atoms with Crippen LogP contribution in [-0.2, 0) is 0 Å². The maximum Gasteiger partial charge on any atom is 0.128 e. The lowest BCUT2D eigenvalue weighted by molar-refractivity contribution is 0.575. The lowest BCUT2D eigenvalue weighted by Gasteiger charge is -2.20. The first-order valence-electron chi connectivity index (χ1n) is 5.81. The highest BCUT2D eigenvalue weighted by molar-refractivity contribution is 6.30. The van der Waals surface area contributed by atoms with E-state index in [2.05, 4.69) is 5.32 Å². The molecule has 2 rings (SSSR count). The Morgan fingerprint density at radius 3 is 2.50 bits per heavy atom. The summed E-state index contributed by atoms with van der Waals surface area (Å²) in [5, 5.41) is 3.80. The molecular weight excluding hydrogens is 249 g/mol. The van der Waals surface area contributed by atoms with Crippen molar-refractivity contribution in [3.8, 4) is 0 Å². The van der Waals surface area contributed by atoms with E-state index >= 15 is 0 Å². The van der Waals surface area contributed by atoms with Crippen molar-refractivity contribution >= 4 is 11.6 Å².